The van der Waals surface area contributed by atoms with Gasteiger partial charge in [0.05, 0.1) is 12.6 Å². The molecule has 0 spiro atoms. The van der Waals surface area contributed by atoms with Gasteiger partial charge in [-0.1, -0.05) is 12.1 Å². The van der Waals surface area contributed by atoms with Crippen molar-refractivity contribution in [3.05, 3.63) is 29.8 Å². The van der Waals surface area contributed by atoms with Gasteiger partial charge in [-0.25, -0.2) is 4.79 Å². The van der Waals surface area contributed by atoms with Crippen LogP contribution in [-0.2, 0) is 9.53 Å². The lowest BCUT2D eigenvalue weighted by atomic mass is 9.82. The Hall–Kier alpha value is -2.49. The maximum atomic E-state index is 13.4. The minimum absolute atomic E-state index is 0.0865. The first-order chi connectivity index (χ1) is 11.1. The summed E-state index contributed by atoms with van der Waals surface area (Å²) in [6, 6.07) is 2.01. The summed E-state index contributed by atoms with van der Waals surface area (Å²) in [6.45, 7) is 1.19. The summed E-state index contributed by atoms with van der Waals surface area (Å²) in [7, 11) is 0. The molecule has 1 aromatic carbocycles. The van der Waals surface area contributed by atoms with Gasteiger partial charge in [0.25, 0.3) is 5.72 Å². The zero-order valence-corrected chi connectivity index (χ0v) is 12.4. The molecule has 1 fully saturated rings. The molecule has 132 valence electrons. The largest absolute Gasteiger partial charge is 0.508 e. The molecule has 2 amide bonds. The number of phenols is 1. The molecule has 4 N–H and O–H groups in total. The van der Waals surface area contributed by atoms with Crippen molar-refractivity contribution in [2.45, 2.75) is 24.9 Å². The SMILES string of the molecule is CCOC(=O)[C@H]1[C@@H](c2ccc(O)cc2)NC(=O)N[C@]1(O)C(F)(F)F. The van der Waals surface area contributed by atoms with Crippen LogP contribution in [0.2, 0.25) is 0 Å². The van der Waals surface area contributed by atoms with Crippen LogP contribution in [0, 0.1) is 5.92 Å². The number of hydrogen-bond acceptors (Lipinski definition) is 5. The molecule has 1 aliphatic heterocycles. The predicted molar refractivity (Wildman–Crippen MR) is 73.6 cm³/mol. The van der Waals surface area contributed by atoms with E-state index in [4.69, 9.17) is 0 Å². The Kier molecular flexibility index (Phi) is 4.61. The van der Waals surface area contributed by atoms with Crippen LogP contribution in [0.5, 0.6) is 5.75 Å². The number of carbonyl (C=O) groups excluding carboxylic acids is 2. The van der Waals surface area contributed by atoms with Crippen molar-refractivity contribution in [2.75, 3.05) is 6.61 Å². The Labute approximate surface area is 134 Å². The number of amides is 2. The third-order valence-electron chi connectivity index (χ3n) is 3.60. The Morgan fingerprint density at radius 2 is 1.92 bits per heavy atom. The van der Waals surface area contributed by atoms with Gasteiger partial charge in [0, 0.05) is 0 Å². The minimum atomic E-state index is -5.32. The van der Waals surface area contributed by atoms with Crippen LogP contribution >= 0.6 is 0 Å². The van der Waals surface area contributed by atoms with E-state index < -0.39 is 35.9 Å². The average Bonchev–Trinajstić information content (AvgIpc) is 2.46. The highest BCUT2D eigenvalue weighted by molar-refractivity contribution is 5.83. The summed E-state index contributed by atoms with van der Waals surface area (Å²) in [5, 5.41) is 22.9. The normalized spacial score (nSPS) is 27.1. The molecule has 24 heavy (non-hydrogen) atoms. The lowest BCUT2D eigenvalue weighted by molar-refractivity contribution is -0.294. The molecule has 0 radical (unpaired) electrons. The van der Waals surface area contributed by atoms with Gasteiger partial charge in [-0.15, -0.1) is 0 Å². The van der Waals surface area contributed by atoms with Crippen molar-refractivity contribution in [2.24, 2.45) is 5.92 Å². The molecular formula is C14H15F3N2O5. The number of phenolic OH excluding ortho intramolecular Hbond substituents is 1. The number of aromatic hydroxyl groups is 1. The van der Waals surface area contributed by atoms with Gasteiger partial charge in [0.2, 0.25) is 0 Å². The maximum absolute atomic E-state index is 13.4. The Morgan fingerprint density at radius 3 is 2.42 bits per heavy atom. The van der Waals surface area contributed by atoms with Crippen molar-refractivity contribution < 1.29 is 37.7 Å². The Balaban J connectivity index is 2.55. The van der Waals surface area contributed by atoms with E-state index in [9.17, 15) is 33.0 Å². The second-order valence-electron chi connectivity index (χ2n) is 5.16. The fraction of sp³-hybridized carbons (Fsp3) is 0.429. The fourth-order valence-corrected chi connectivity index (χ4v) is 2.50. The molecule has 10 heteroatoms. The number of aliphatic hydroxyl groups is 1. The van der Waals surface area contributed by atoms with Gasteiger partial charge in [0.1, 0.15) is 11.7 Å². The number of nitrogens with one attached hydrogen (secondary N) is 2. The molecule has 0 unspecified atom stereocenters. The van der Waals surface area contributed by atoms with Crippen molar-refractivity contribution in [3.63, 3.8) is 0 Å². The maximum Gasteiger partial charge on any atom is 0.437 e. The second kappa shape index (κ2) is 6.19. The van der Waals surface area contributed by atoms with E-state index in [-0.39, 0.29) is 17.9 Å². The number of ether oxygens (including phenoxy) is 1. The molecule has 1 aliphatic rings. The van der Waals surface area contributed by atoms with Crippen LogP contribution in [0.15, 0.2) is 24.3 Å². The highest BCUT2D eigenvalue weighted by atomic mass is 19.4. The van der Waals surface area contributed by atoms with E-state index in [0.29, 0.717) is 0 Å². The quantitative estimate of drug-likeness (QED) is 0.614. The zero-order valence-electron chi connectivity index (χ0n) is 12.4. The molecule has 0 saturated carbocycles. The molecular weight excluding hydrogens is 333 g/mol. The number of rotatable bonds is 3. The van der Waals surface area contributed by atoms with Gasteiger partial charge in [-0.2, -0.15) is 13.2 Å². The molecule has 0 aliphatic carbocycles. The lowest BCUT2D eigenvalue weighted by Crippen LogP contribution is -2.73. The van der Waals surface area contributed by atoms with E-state index in [1.165, 1.54) is 36.5 Å². The third-order valence-corrected chi connectivity index (χ3v) is 3.60. The van der Waals surface area contributed by atoms with E-state index in [2.05, 4.69) is 10.1 Å². The number of carbonyl (C=O) groups is 2. The van der Waals surface area contributed by atoms with Crippen molar-refractivity contribution in [1.82, 2.24) is 10.6 Å². The zero-order chi connectivity index (χ0) is 18.1. The van der Waals surface area contributed by atoms with Crippen LogP contribution in [0.25, 0.3) is 0 Å². The van der Waals surface area contributed by atoms with E-state index >= 15 is 0 Å². The molecule has 2 rings (SSSR count). The number of urea groups is 1. The van der Waals surface area contributed by atoms with E-state index in [1.54, 1.807) is 0 Å². The molecule has 0 bridgehead atoms. The summed E-state index contributed by atoms with van der Waals surface area (Å²) in [4.78, 5) is 23.7. The first kappa shape index (κ1) is 17.9. The second-order valence-corrected chi connectivity index (χ2v) is 5.16. The summed E-state index contributed by atoms with van der Waals surface area (Å²) in [6.07, 6.45) is -5.32. The van der Waals surface area contributed by atoms with Gasteiger partial charge >= 0.3 is 18.2 Å². The van der Waals surface area contributed by atoms with Crippen LogP contribution in [0.1, 0.15) is 18.5 Å². The fourth-order valence-electron chi connectivity index (χ4n) is 2.50. The summed E-state index contributed by atoms with van der Waals surface area (Å²) < 4.78 is 44.7. The summed E-state index contributed by atoms with van der Waals surface area (Å²) in [5.41, 5.74) is -3.71. The van der Waals surface area contributed by atoms with Crippen molar-refractivity contribution >= 4 is 12.0 Å². The average molecular weight is 348 g/mol. The molecule has 1 saturated heterocycles. The first-order valence-electron chi connectivity index (χ1n) is 6.93. The smallest absolute Gasteiger partial charge is 0.437 e. The number of alkyl halides is 3. The van der Waals surface area contributed by atoms with E-state index in [0.717, 1.165) is 0 Å². The highest BCUT2D eigenvalue weighted by Gasteiger charge is 2.67. The molecule has 1 aromatic rings. The van der Waals surface area contributed by atoms with Crippen LogP contribution < -0.4 is 10.6 Å². The molecule has 0 aromatic heterocycles. The predicted octanol–water partition coefficient (Wildman–Crippen LogP) is 1.18. The summed E-state index contributed by atoms with van der Waals surface area (Å²) >= 11 is 0. The highest BCUT2D eigenvalue weighted by Crippen LogP contribution is 2.43. The molecule has 3 atom stereocenters. The van der Waals surface area contributed by atoms with Gasteiger partial charge in [-0.05, 0) is 24.6 Å². The van der Waals surface area contributed by atoms with Crippen LogP contribution in [0.4, 0.5) is 18.0 Å². The minimum Gasteiger partial charge on any atom is -0.508 e. The van der Waals surface area contributed by atoms with Gasteiger partial charge in [-0.3, -0.25) is 4.79 Å². The standard InChI is InChI=1S/C14H15F3N2O5/c1-2-24-11(21)9-10(7-3-5-8(20)6-4-7)18-12(22)19-13(9,23)14(15,16)17/h3-6,9-10,20,23H,2H2,1H3,(H2,18,19,22)/t9-,10-,13-/m1/s1. The Bertz CT molecular complexity index is 634. The van der Waals surface area contributed by atoms with Crippen molar-refractivity contribution in [3.8, 4) is 5.75 Å². The summed E-state index contributed by atoms with van der Waals surface area (Å²) in [5.74, 6) is -3.67. The van der Waals surface area contributed by atoms with E-state index in [1.807, 2.05) is 0 Å². The van der Waals surface area contributed by atoms with Crippen molar-refractivity contribution in [1.29, 1.82) is 0 Å². The Morgan fingerprint density at radius 1 is 1.33 bits per heavy atom. The first-order valence-corrected chi connectivity index (χ1v) is 6.93. The third kappa shape index (κ3) is 3.09. The lowest BCUT2D eigenvalue weighted by Gasteiger charge is -2.44. The number of halogens is 3. The number of hydrogen-bond donors (Lipinski definition) is 4. The molecule has 1 heterocycles. The van der Waals surface area contributed by atoms with Gasteiger partial charge in [0.15, 0.2) is 0 Å². The van der Waals surface area contributed by atoms with Crippen LogP contribution in [-0.4, -0.2) is 40.7 Å². The van der Waals surface area contributed by atoms with Crippen LogP contribution in [0.3, 0.4) is 0 Å². The number of esters is 1. The number of benzene rings is 1. The molecule has 7 nitrogen and oxygen atoms in total. The monoisotopic (exact) mass is 348 g/mol. The topological polar surface area (TPSA) is 108 Å². The van der Waals surface area contributed by atoms with Gasteiger partial charge < -0.3 is 25.6 Å².